The Labute approximate surface area is 90.4 Å². The van der Waals surface area contributed by atoms with Gasteiger partial charge >= 0.3 is 0 Å². The number of nitrogens with zero attached hydrogens (tertiary/aromatic N) is 1. The molecule has 0 radical (unpaired) electrons. The maximum Gasteiger partial charge on any atom is 0.123 e. The lowest BCUT2D eigenvalue weighted by Gasteiger charge is -2.11. The predicted molar refractivity (Wildman–Crippen MR) is 62.7 cm³/mol. The Balaban J connectivity index is 2.85. The molecule has 80 valence electrons. The van der Waals surface area contributed by atoms with Crippen molar-refractivity contribution in [3.05, 3.63) is 47.9 Å². The zero-order chi connectivity index (χ0) is 11.4. The van der Waals surface area contributed by atoms with Crippen LogP contribution in [0.3, 0.4) is 0 Å². The summed E-state index contributed by atoms with van der Waals surface area (Å²) < 4.78 is 12.7. The van der Waals surface area contributed by atoms with Gasteiger partial charge in [-0.3, -0.25) is 4.99 Å². The highest BCUT2D eigenvalue weighted by molar-refractivity contribution is 5.80. The average molecular weight is 205 g/mol. The predicted octanol–water partition coefficient (Wildman–Crippen LogP) is 3.92. The summed E-state index contributed by atoms with van der Waals surface area (Å²) in [6.07, 6.45) is 0. The Morgan fingerprint density at radius 1 is 1.27 bits per heavy atom. The van der Waals surface area contributed by atoms with E-state index in [1.54, 1.807) is 12.1 Å². The maximum absolute atomic E-state index is 12.7. The first-order valence-corrected chi connectivity index (χ1v) is 4.97. The van der Waals surface area contributed by atoms with Crippen molar-refractivity contribution in [2.75, 3.05) is 0 Å². The van der Waals surface area contributed by atoms with Gasteiger partial charge in [-0.15, -0.1) is 0 Å². The minimum atomic E-state index is -0.216. The third kappa shape index (κ3) is 3.31. The number of hydrogen-bond acceptors (Lipinski definition) is 1. The summed E-state index contributed by atoms with van der Waals surface area (Å²) in [5.41, 5.74) is 2.82. The second-order valence-corrected chi connectivity index (χ2v) is 3.82. The smallest absolute Gasteiger partial charge is 0.123 e. The lowest BCUT2D eigenvalue weighted by molar-refractivity contribution is 0.626. The van der Waals surface area contributed by atoms with Gasteiger partial charge < -0.3 is 0 Å². The van der Waals surface area contributed by atoms with E-state index in [2.05, 4.69) is 11.6 Å². The molecule has 0 aliphatic heterocycles. The molecule has 0 aliphatic rings. The average Bonchev–Trinajstić information content (AvgIpc) is 2.17. The van der Waals surface area contributed by atoms with Crippen LogP contribution in [0.25, 0.3) is 0 Å². The van der Waals surface area contributed by atoms with Crippen molar-refractivity contribution in [2.45, 2.75) is 26.7 Å². The normalized spacial score (nSPS) is 12.0. The van der Waals surface area contributed by atoms with Gasteiger partial charge in [0.25, 0.3) is 0 Å². The maximum atomic E-state index is 12.7. The molecule has 0 heterocycles. The summed E-state index contributed by atoms with van der Waals surface area (Å²) in [5, 5.41) is 0. The van der Waals surface area contributed by atoms with Crippen molar-refractivity contribution in [3.8, 4) is 0 Å². The Morgan fingerprint density at radius 3 is 2.27 bits per heavy atom. The number of rotatable bonds is 3. The van der Waals surface area contributed by atoms with Gasteiger partial charge in [0.1, 0.15) is 5.82 Å². The number of allylic oxidation sites excluding steroid dienone is 1. The molecule has 0 fully saturated rings. The fourth-order valence-corrected chi connectivity index (χ4v) is 1.33. The lowest BCUT2D eigenvalue weighted by atomic mass is 9.98. The van der Waals surface area contributed by atoms with Crippen molar-refractivity contribution >= 4 is 5.71 Å². The molecule has 1 aromatic rings. The number of hydrogen-bond donors (Lipinski definition) is 0. The van der Waals surface area contributed by atoms with Gasteiger partial charge in [0, 0.05) is 17.3 Å². The van der Waals surface area contributed by atoms with Crippen LogP contribution in [0, 0.1) is 5.82 Å². The highest BCUT2D eigenvalue weighted by Gasteiger charge is 2.08. The van der Waals surface area contributed by atoms with E-state index >= 15 is 0 Å². The third-order valence-electron chi connectivity index (χ3n) is 2.24. The summed E-state index contributed by atoms with van der Waals surface area (Å²) in [6.45, 7) is 9.79. The molecule has 0 saturated carbocycles. The third-order valence-corrected chi connectivity index (χ3v) is 2.24. The Kier molecular flexibility index (Phi) is 3.78. The van der Waals surface area contributed by atoms with Gasteiger partial charge in [0.2, 0.25) is 0 Å². The van der Waals surface area contributed by atoms with E-state index in [1.807, 2.05) is 20.8 Å². The molecule has 1 rings (SSSR count). The van der Waals surface area contributed by atoms with Crippen molar-refractivity contribution in [3.63, 3.8) is 0 Å². The molecule has 0 saturated heterocycles. The fraction of sp³-hybridized carbons (Fsp3) is 0.308. The van der Waals surface area contributed by atoms with Crippen LogP contribution in [0.1, 0.15) is 32.3 Å². The number of aliphatic imine (C=N–C) groups is 1. The van der Waals surface area contributed by atoms with Gasteiger partial charge in [-0.25, -0.2) is 4.39 Å². The van der Waals surface area contributed by atoms with Crippen LogP contribution in [0.5, 0.6) is 0 Å². The van der Waals surface area contributed by atoms with Crippen LogP contribution in [0.4, 0.5) is 4.39 Å². The van der Waals surface area contributed by atoms with Gasteiger partial charge in [-0.05, 0) is 31.5 Å². The molecule has 0 spiro atoms. The first-order chi connectivity index (χ1) is 7.00. The molecule has 1 aromatic carbocycles. The van der Waals surface area contributed by atoms with Crippen LogP contribution < -0.4 is 0 Å². The van der Waals surface area contributed by atoms with Crippen molar-refractivity contribution < 1.29 is 4.39 Å². The first-order valence-electron chi connectivity index (χ1n) is 4.97. The van der Waals surface area contributed by atoms with Crippen molar-refractivity contribution in [2.24, 2.45) is 4.99 Å². The molecule has 1 atom stereocenters. The first kappa shape index (κ1) is 11.6. The zero-order valence-corrected chi connectivity index (χ0v) is 9.42. The van der Waals surface area contributed by atoms with E-state index in [1.165, 1.54) is 12.1 Å². The van der Waals surface area contributed by atoms with Crippen molar-refractivity contribution in [1.29, 1.82) is 0 Å². The largest absolute Gasteiger partial charge is 0.263 e. The summed E-state index contributed by atoms with van der Waals surface area (Å²) in [6, 6.07) is 6.46. The molecule has 0 aliphatic carbocycles. The number of halogens is 1. The molecule has 0 amide bonds. The highest BCUT2D eigenvalue weighted by atomic mass is 19.1. The molecular weight excluding hydrogens is 189 g/mol. The summed E-state index contributed by atoms with van der Waals surface area (Å²) in [5.74, 6) is -0.0905. The topological polar surface area (TPSA) is 12.4 Å². The van der Waals surface area contributed by atoms with Gasteiger partial charge in [0.05, 0.1) is 0 Å². The van der Waals surface area contributed by atoms with Gasteiger partial charge in [-0.2, -0.15) is 0 Å². The van der Waals surface area contributed by atoms with Crippen molar-refractivity contribution in [1.82, 2.24) is 0 Å². The standard InChI is InChI=1S/C13H16FN/c1-9(2)15-11(4)10(3)12-5-7-13(14)8-6-12/h5-8,10H,4H2,1-3H3. The summed E-state index contributed by atoms with van der Waals surface area (Å²) in [4.78, 5) is 4.30. The highest BCUT2D eigenvalue weighted by Crippen LogP contribution is 2.23. The minimum Gasteiger partial charge on any atom is -0.263 e. The Hall–Kier alpha value is -1.44. The van der Waals surface area contributed by atoms with Crippen LogP contribution in [-0.2, 0) is 0 Å². The van der Waals surface area contributed by atoms with Crippen LogP contribution in [0.2, 0.25) is 0 Å². The molecule has 1 nitrogen and oxygen atoms in total. The Bertz CT molecular complexity index is 372. The Morgan fingerprint density at radius 2 is 1.80 bits per heavy atom. The molecule has 0 bridgehead atoms. The summed E-state index contributed by atoms with van der Waals surface area (Å²) in [7, 11) is 0. The minimum absolute atomic E-state index is 0.125. The second kappa shape index (κ2) is 4.87. The SMILES string of the molecule is C=C(N=C(C)C)C(C)c1ccc(F)cc1. The monoisotopic (exact) mass is 205 g/mol. The zero-order valence-electron chi connectivity index (χ0n) is 9.42. The molecule has 15 heavy (non-hydrogen) atoms. The van der Waals surface area contributed by atoms with Gasteiger partial charge in [-0.1, -0.05) is 25.6 Å². The van der Waals surface area contributed by atoms with Crippen LogP contribution >= 0.6 is 0 Å². The molecule has 1 unspecified atom stereocenters. The quantitative estimate of drug-likeness (QED) is 0.663. The summed E-state index contributed by atoms with van der Waals surface area (Å²) >= 11 is 0. The van der Waals surface area contributed by atoms with E-state index in [-0.39, 0.29) is 11.7 Å². The van der Waals surface area contributed by atoms with E-state index in [0.717, 1.165) is 17.0 Å². The lowest BCUT2D eigenvalue weighted by Crippen LogP contribution is -1.97. The fourth-order valence-electron chi connectivity index (χ4n) is 1.33. The molecule has 0 aromatic heterocycles. The second-order valence-electron chi connectivity index (χ2n) is 3.82. The molecular formula is C13H16FN. The molecule has 2 heteroatoms. The van der Waals surface area contributed by atoms with Crippen LogP contribution in [-0.4, -0.2) is 5.71 Å². The van der Waals surface area contributed by atoms with E-state index in [9.17, 15) is 4.39 Å². The van der Waals surface area contributed by atoms with Crippen LogP contribution in [0.15, 0.2) is 41.5 Å². The van der Waals surface area contributed by atoms with Gasteiger partial charge in [0.15, 0.2) is 0 Å². The van der Waals surface area contributed by atoms with E-state index < -0.39 is 0 Å². The number of benzene rings is 1. The van der Waals surface area contributed by atoms with E-state index in [0.29, 0.717) is 0 Å². The molecule has 0 N–H and O–H groups in total. The van der Waals surface area contributed by atoms with E-state index in [4.69, 9.17) is 0 Å².